The van der Waals surface area contributed by atoms with Gasteiger partial charge in [-0.1, -0.05) is 56.6 Å². The molecule has 1 heterocycles. The van der Waals surface area contributed by atoms with E-state index in [1.54, 1.807) is 0 Å². The topological polar surface area (TPSA) is 47.6 Å². The summed E-state index contributed by atoms with van der Waals surface area (Å²) < 4.78 is 12.2. The van der Waals surface area contributed by atoms with Gasteiger partial charge in [0.25, 0.3) is 5.91 Å². The van der Waals surface area contributed by atoms with Crippen molar-refractivity contribution in [2.24, 2.45) is 11.8 Å². The van der Waals surface area contributed by atoms with Crippen molar-refractivity contribution >= 4 is 17.5 Å². The third-order valence-electron chi connectivity index (χ3n) is 6.20. The minimum absolute atomic E-state index is 0.0149. The van der Waals surface area contributed by atoms with Gasteiger partial charge in [0.15, 0.2) is 6.61 Å². The second-order valence-corrected chi connectivity index (χ2v) is 9.32. The highest BCUT2D eigenvalue weighted by atomic mass is 35.5. The molecule has 1 fully saturated rings. The number of amides is 1. The molecule has 0 radical (unpaired) electrons. The molecule has 3 rings (SSSR count). The van der Waals surface area contributed by atoms with E-state index in [2.05, 4.69) is 37.4 Å². The van der Waals surface area contributed by atoms with Gasteiger partial charge in [0, 0.05) is 17.0 Å². The van der Waals surface area contributed by atoms with Crippen LogP contribution in [0.1, 0.15) is 63.7 Å². The Bertz CT molecular complexity index is 852. The lowest BCUT2D eigenvalue weighted by atomic mass is 9.76. The fraction of sp³-hybridized carbons (Fsp3) is 0.500. The Hall–Kier alpha value is -2.04. The van der Waals surface area contributed by atoms with E-state index in [4.69, 9.17) is 21.1 Å². The van der Waals surface area contributed by atoms with Crippen molar-refractivity contribution in [2.75, 3.05) is 13.2 Å². The number of rotatable bonds is 8. The van der Waals surface area contributed by atoms with E-state index >= 15 is 0 Å². The molecule has 1 amide bonds. The molecule has 0 saturated carbocycles. The zero-order valence-electron chi connectivity index (χ0n) is 18.9. The van der Waals surface area contributed by atoms with E-state index in [0.29, 0.717) is 30.1 Å². The lowest BCUT2D eigenvalue weighted by Gasteiger charge is -2.39. The minimum atomic E-state index is -0.0977. The SMILES string of the molecule is CC[C@H](C)NC(=O)COc1cccc([C@@H]2OC[C@@H](c3ccc(Cl)cc3)C[C@H]2C(C)C)c1. The molecule has 1 aliphatic heterocycles. The standard InChI is InChI=1S/C26H34ClNO3/c1-5-18(4)28-25(29)16-30-23-8-6-7-20(13-23)26-24(17(2)3)14-21(15-31-26)19-9-11-22(27)12-10-19/h6-13,17-18,21,24,26H,5,14-16H2,1-4H3,(H,28,29)/t18-,21-,24-,26-/m0/s1. The van der Waals surface area contributed by atoms with Crippen LogP contribution in [0.25, 0.3) is 0 Å². The lowest BCUT2D eigenvalue weighted by Crippen LogP contribution is -2.35. The first-order chi connectivity index (χ1) is 14.9. The Balaban J connectivity index is 1.68. The first kappa shape index (κ1) is 23.6. The third-order valence-corrected chi connectivity index (χ3v) is 6.45. The van der Waals surface area contributed by atoms with Crippen LogP contribution >= 0.6 is 11.6 Å². The molecule has 31 heavy (non-hydrogen) atoms. The molecule has 1 N–H and O–H groups in total. The largest absolute Gasteiger partial charge is 0.484 e. The number of carbonyl (C=O) groups excluding carboxylic acids is 1. The van der Waals surface area contributed by atoms with Gasteiger partial charge in [0.2, 0.25) is 0 Å². The summed E-state index contributed by atoms with van der Waals surface area (Å²) in [5.74, 6) is 1.83. The van der Waals surface area contributed by atoms with Crippen LogP contribution in [0.2, 0.25) is 5.02 Å². The van der Waals surface area contributed by atoms with Gasteiger partial charge in [0.05, 0.1) is 12.7 Å². The normalized spacial score (nSPS) is 22.2. The Morgan fingerprint density at radius 3 is 2.58 bits per heavy atom. The number of halogens is 1. The zero-order chi connectivity index (χ0) is 22.4. The molecule has 1 aliphatic rings. The summed E-state index contributed by atoms with van der Waals surface area (Å²) in [5.41, 5.74) is 2.38. The Morgan fingerprint density at radius 1 is 1.16 bits per heavy atom. The maximum absolute atomic E-state index is 12.0. The van der Waals surface area contributed by atoms with Gasteiger partial charge in [-0.05, 0) is 67.0 Å². The van der Waals surface area contributed by atoms with Gasteiger partial charge >= 0.3 is 0 Å². The monoisotopic (exact) mass is 443 g/mol. The van der Waals surface area contributed by atoms with Crippen molar-refractivity contribution in [1.29, 1.82) is 0 Å². The molecule has 1 saturated heterocycles. The van der Waals surface area contributed by atoms with E-state index in [1.807, 2.05) is 44.2 Å². The second kappa shape index (κ2) is 11.0. The van der Waals surface area contributed by atoms with Gasteiger partial charge in [-0.15, -0.1) is 0 Å². The molecule has 5 heteroatoms. The maximum Gasteiger partial charge on any atom is 0.258 e. The number of benzene rings is 2. The first-order valence-corrected chi connectivity index (χ1v) is 11.6. The van der Waals surface area contributed by atoms with Crippen LogP contribution in [0.5, 0.6) is 5.75 Å². The van der Waals surface area contributed by atoms with Crippen LogP contribution in [0.3, 0.4) is 0 Å². The molecule has 2 aromatic rings. The Morgan fingerprint density at radius 2 is 1.90 bits per heavy atom. The maximum atomic E-state index is 12.0. The molecule has 168 valence electrons. The highest BCUT2D eigenvalue weighted by molar-refractivity contribution is 6.30. The molecule has 0 unspecified atom stereocenters. The van der Waals surface area contributed by atoms with Crippen molar-refractivity contribution in [3.63, 3.8) is 0 Å². The number of ether oxygens (including phenoxy) is 2. The Labute approximate surface area is 191 Å². The summed E-state index contributed by atoms with van der Waals surface area (Å²) in [6.07, 6.45) is 1.97. The van der Waals surface area contributed by atoms with Gasteiger partial charge in [0.1, 0.15) is 5.75 Å². The smallest absolute Gasteiger partial charge is 0.258 e. The number of hydrogen-bond acceptors (Lipinski definition) is 3. The molecule has 0 aromatic heterocycles. The highest BCUT2D eigenvalue weighted by Gasteiger charge is 2.35. The molecule has 4 atom stereocenters. The number of carbonyl (C=O) groups is 1. The number of nitrogens with one attached hydrogen (secondary N) is 1. The fourth-order valence-corrected chi connectivity index (χ4v) is 4.27. The van der Waals surface area contributed by atoms with Crippen molar-refractivity contribution in [1.82, 2.24) is 5.32 Å². The van der Waals surface area contributed by atoms with E-state index in [0.717, 1.165) is 23.4 Å². The quantitative estimate of drug-likeness (QED) is 0.532. The molecular formula is C26H34ClNO3. The van der Waals surface area contributed by atoms with Crippen LogP contribution in [-0.4, -0.2) is 25.2 Å². The predicted molar refractivity (Wildman–Crippen MR) is 126 cm³/mol. The molecule has 0 bridgehead atoms. The van der Waals surface area contributed by atoms with E-state index < -0.39 is 0 Å². The second-order valence-electron chi connectivity index (χ2n) is 8.88. The Kier molecular flexibility index (Phi) is 8.39. The lowest BCUT2D eigenvalue weighted by molar-refractivity contribution is -0.123. The summed E-state index contributed by atoms with van der Waals surface area (Å²) in [7, 11) is 0. The van der Waals surface area contributed by atoms with Crippen molar-refractivity contribution in [3.8, 4) is 5.75 Å². The summed E-state index contributed by atoms with van der Waals surface area (Å²) >= 11 is 6.06. The van der Waals surface area contributed by atoms with Crippen LogP contribution in [0, 0.1) is 11.8 Å². The highest BCUT2D eigenvalue weighted by Crippen LogP contribution is 2.44. The van der Waals surface area contributed by atoms with Gasteiger partial charge in [-0.25, -0.2) is 0 Å². The molecular weight excluding hydrogens is 410 g/mol. The average Bonchev–Trinajstić information content (AvgIpc) is 2.78. The summed E-state index contributed by atoms with van der Waals surface area (Å²) in [4.78, 5) is 12.0. The van der Waals surface area contributed by atoms with E-state index in [9.17, 15) is 4.79 Å². The molecule has 0 aliphatic carbocycles. The zero-order valence-corrected chi connectivity index (χ0v) is 19.7. The molecule has 0 spiro atoms. The van der Waals surface area contributed by atoms with Gasteiger partial charge < -0.3 is 14.8 Å². The minimum Gasteiger partial charge on any atom is -0.484 e. The number of hydrogen-bond donors (Lipinski definition) is 1. The summed E-state index contributed by atoms with van der Waals surface area (Å²) in [6.45, 7) is 9.24. The first-order valence-electron chi connectivity index (χ1n) is 11.3. The van der Waals surface area contributed by atoms with Crippen LogP contribution in [0.4, 0.5) is 0 Å². The summed E-state index contributed by atoms with van der Waals surface area (Å²) in [5, 5.41) is 3.68. The van der Waals surface area contributed by atoms with E-state index in [1.165, 1.54) is 5.56 Å². The van der Waals surface area contributed by atoms with Crippen LogP contribution in [-0.2, 0) is 9.53 Å². The predicted octanol–water partition coefficient (Wildman–Crippen LogP) is 6.15. The molecule has 4 nitrogen and oxygen atoms in total. The third kappa shape index (κ3) is 6.47. The van der Waals surface area contributed by atoms with Crippen molar-refractivity contribution in [3.05, 3.63) is 64.7 Å². The summed E-state index contributed by atoms with van der Waals surface area (Å²) in [6, 6.07) is 16.2. The van der Waals surface area contributed by atoms with Gasteiger partial charge in [-0.2, -0.15) is 0 Å². The van der Waals surface area contributed by atoms with Crippen LogP contribution < -0.4 is 10.1 Å². The average molecular weight is 444 g/mol. The van der Waals surface area contributed by atoms with E-state index in [-0.39, 0.29) is 24.7 Å². The van der Waals surface area contributed by atoms with Gasteiger partial charge in [-0.3, -0.25) is 4.79 Å². The van der Waals surface area contributed by atoms with Crippen molar-refractivity contribution < 1.29 is 14.3 Å². The molecule has 2 aromatic carbocycles. The van der Waals surface area contributed by atoms with Crippen LogP contribution in [0.15, 0.2) is 48.5 Å². The fourth-order valence-electron chi connectivity index (χ4n) is 4.14. The van der Waals surface area contributed by atoms with Crippen molar-refractivity contribution in [2.45, 2.75) is 58.6 Å².